The molecule has 0 amide bonds. The molecule has 1 heterocycles. The van der Waals surface area contributed by atoms with E-state index in [1.165, 1.54) is 19.3 Å². The van der Waals surface area contributed by atoms with Crippen LogP contribution in [0.15, 0.2) is 18.3 Å². The minimum atomic E-state index is 0.628. The summed E-state index contributed by atoms with van der Waals surface area (Å²) in [6, 6.07) is 3.54. The van der Waals surface area contributed by atoms with Crippen molar-refractivity contribution in [2.45, 2.75) is 39.5 Å². The van der Waals surface area contributed by atoms with E-state index in [0.29, 0.717) is 17.5 Å². The number of rotatable bonds is 7. The Labute approximate surface area is 98.0 Å². The second-order valence-corrected chi connectivity index (χ2v) is 4.15. The van der Waals surface area contributed by atoms with Crippen molar-refractivity contribution in [3.8, 4) is 5.88 Å². The molecule has 0 fully saturated rings. The van der Waals surface area contributed by atoms with Gasteiger partial charge in [-0.2, -0.15) is 0 Å². The molecule has 1 unspecified atom stereocenters. The lowest BCUT2D eigenvalue weighted by atomic mass is 10.0. The Hall–Kier alpha value is -1.25. The van der Waals surface area contributed by atoms with Crippen LogP contribution in [0.1, 0.15) is 39.5 Å². The fraction of sp³-hybridized carbons (Fsp3) is 0.615. The number of aromatic nitrogens is 1. The van der Waals surface area contributed by atoms with Crippen LogP contribution in [0.4, 0.5) is 5.69 Å². The Morgan fingerprint density at radius 1 is 1.44 bits per heavy atom. The third-order valence-corrected chi connectivity index (χ3v) is 2.77. The van der Waals surface area contributed by atoms with Crippen molar-refractivity contribution in [3.05, 3.63) is 18.3 Å². The molecule has 2 N–H and O–H groups in total. The van der Waals surface area contributed by atoms with Gasteiger partial charge < -0.3 is 10.5 Å². The number of ether oxygens (including phenoxy) is 1. The van der Waals surface area contributed by atoms with Crippen LogP contribution in [0.25, 0.3) is 0 Å². The van der Waals surface area contributed by atoms with Gasteiger partial charge in [0, 0.05) is 18.0 Å². The second kappa shape index (κ2) is 7.09. The van der Waals surface area contributed by atoms with Gasteiger partial charge >= 0.3 is 0 Å². The highest BCUT2D eigenvalue weighted by atomic mass is 16.5. The minimum absolute atomic E-state index is 0.628. The normalized spacial score (nSPS) is 12.4. The maximum absolute atomic E-state index is 5.66. The van der Waals surface area contributed by atoms with E-state index in [1.54, 1.807) is 18.3 Å². The predicted octanol–water partition coefficient (Wildman–Crippen LogP) is 3.26. The molecule has 0 spiro atoms. The van der Waals surface area contributed by atoms with Crippen molar-refractivity contribution in [2.75, 3.05) is 12.3 Å². The van der Waals surface area contributed by atoms with Gasteiger partial charge in [0.15, 0.2) is 0 Å². The highest BCUT2D eigenvalue weighted by Gasteiger charge is 2.07. The van der Waals surface area contributed by atoms with Crippen LogP contribution >= 0.6 is 0 Å². The fourth-order valence-electron chi connectivity index (χ4n) is 1.61. The minimum Gasteiger partial charge on any atom is -0.477 e. The van der Waals surface area contributed by atoms with E-state index in [1.807, 2.05) is 0 Å². The quantitative estimate of drug-likeness (QED) is 0.770. The summed E-state index contributed by atoms with van der Waals surface area (Å²) in [5, 5.41) is 0. The number of anilines is 1. The average molecular weight is 222 g/mol. The summed E-state index contributed by atoms with van der Waals surface area (Å²) in [6.07, 6.45) is 6.58. The van der Waals surface area contributed by atoms with Gasteiger partial charge in [0.05, 0.1) is 6.61 Å². The Balaban J connectivity index is 2.37. The van der Waals surface area contributed by atoms with E-state index in [4.69, 9.17) is 10.5 Å². The molecule has 0 bridgehead atoms. The lowest BCUT2D eigenvalue weighted by Crippen LogP contribution is -2.12. The molecular weight excluding hydrogens is 200 g/mol. The van der Waals surface area contributed by atoms with Gasteiger partial charge in [0.25, 0.3) is 0 Å². The highest BCUT2D eigenvalue weighted by Crippen LogP contribution is 2.16. The molecular formula is C13H22N2O. The lowest BCUT2D eigenvalue weighted by Gasteiger charge is -2.14. The number of hydrogen-bond donors (Lipinski definition) is 1. The first kappa shape index (κ1) is 12.8. The van der Waals surface area contributed by atoms with Crippen LogP contribution < -0.4 is 10.5 Å². The summed E-state index contributed by atoms with van der Waals surface area (Å²) < 4.78 is 5.65. The molecule has 1 aromatic rings. The van der Waals surface area contributed by atoms with E-state index < -0.39 is 0 Å². The predicted molar refractivity (Wildman–Crippen MR) is 67.5 cm³/mol. The number of nitrogens with two attached hydrogens (primary N) is 1. The molecule has 0 aliphatic rings. The van der Waals surface area contributed by atoms with E-state index in [9.17, 15) is 0 Å². The van der Waals surface area contributed by atoms with Gasteiger partial charge in [-0.3, -0.25) is 0 Å². The second-order valence-electron chi connectivity index (χ2n) is 4.15. The molecule has 90 valence electrons. The van der Waals surface area contributed by atoms with E-state index in [2.05, 4.69) is 18.8 Å². The zero-order valence-corrected chi connectivity index (χ0v) is 10.3. The number of unbranched alkanes of at least 4 members (excludes halogenated alkanes) is 1. The average Bonchev–Trinajstić information content (AvgIpc) is 2.29. The van der Waals surface area contributed by atoms with Crippen LogP contribution in [0, 0.1) is 5.92 Å². The largest absolute Gasteiger partial charge is 0.477 e. The van der Waals surface area contributed by atoms with Crippen LogP contribution in [-0.2, 0) is 0 Å². The molecule has 0 aliphatic carbocycles. The Bertz CT molecular complexity index is 302. The topological polar surface area (TPSA) is 48.1 Å². The van der Waals surface area contributed by atoms with Crippen molar-refractivity contribution in [1.29, 1.82) is 0 Å². The summed E-state index contributed by atoms with van der Waals surface area (Å²) in [4.78, 5) is 4.12. The summed E-state index contributed by atoms with van der Waals surface area (Å²) in [5.74, 6) is 1.26. The van der Waals surface area contributed by atoms with Crippen molar-refractivity contribution in [2.24, 2.45) is 5.92 Å². The molecule has 0 aromatic carbocycles. The summed E-state index contributed by atoms with van der Waals surface area (Å²) >= 11 is 0. The molecule has 0 aliphatic heterocycles. The van der Waals surface area contributed by atoms with Crippen LogP contribution in [-0.4, -0.2) is 11.6 Å². The van der Waals surface area contributed by atoms with Gasteiger partial charge in [0.2, 0.25) is 5.88 Å². The number of nitrogen functional groups attached to an aromatic ring is 1. The lowest BCUT2D eigenvalue weighted by molar-refractivity contribution is 0.226. The van der Waals surface area contributed by atoms with Gasteiger partial charge in [-0.15, -0.1) is 0 Å². The van der Waals surface area contributed by atoms with Crippen LogP contribution in [0.3, 0.4) is 0 Å². The first-order chi connectivity index (χ1) is 7.76. The van der Waals surface area contributed by atoms with Gasteiger partial charge in [-0.05, 0) is 18.4 Å². The Morgan fingerprint density at radius 3 is 2.88 bits per heavy atom. The SMILES string of the molecule is CCCCC(CC)COc1cc(N)ccn1. The molecule has 1 atom stereocenters. The summed E-state index contributed by atoms with van der Waals surface area (Å²) in [7, 11) is 0. The van der Waals surface area contributed by atoms with Crippen molar-refractivity contribution in [3.63, 3.8) is 0 Å². The van der Waals surface area contributed by atoms with Gasteiger partial charge in [-0.1, -0.05) is 33.1 Å². The molecule has 1 aromatic heterocycles. The smallest absolute Gasteiger partial charge is 0.215 e. The number of pyridine rings is 1. The highest BCUT2D eigenvalue weighted by molar-refractivity contribution is 5.39. The number of nitrogens with zero attached hydrogens (tertiary/aromatic N) is 1. The molecule has 0 saturated heterocycles. The molecule has 0 saturated carbocycles. The van der Waals surface area contributed by atoms with Crippen molar-refractivity contribution in [1.82, 2.24) is 4.98 Å². The maximum Gasteiger partial charge on any atom is 0.215 e. The van der Waals surface area contributed by atoms with E-state index >= 15 is 0 Å². The monoisotopic (exact) mass is 222 g/mol. The van der Waals surface area contributed by atoms with Gasteiger partial charge in [-0.25, -0.2) is 4.98 Å². The molecule has 16 heavy (non-hydrogen) atoms. The Kier molecular flexibility index (Phi) is 5.68. The maximum atomic E-state index is 5.66. The van der Waals surface area contributed by atoms with Crippen molar-refractivity contribution < 1.29 is 4.74 Å². The third kappa shape index (κ3) is 4.51. The third-order valence-electron chi connectivity index (χ3n) is 2.77. The fourth-order valence-corrected chi connectivity index (χ4v) is 1.61. The van der Waals surface area contributed by atoms with Crippen LogP contribution in [0.5, 0.6) is 5.88 Å². The first-order valence-electron chi connectivity index (χ1n) is 6.10. The van der Waals surface area contributed by atoms with E-state index in [-0.39, 0.29) is 0 Å². The summed E-state index contributed by atoms with van der Waals surface area (Å²) in [5.41, 5.74) is 6.36. The first-order valence-corrected chi connectivity index (χ1v) is 6.10. The van der Waals surface area contributed by atoms with E-state index in [0.717, 1.165) is 13.0 Å². The van der Waals surface area contributed by atoms with Gasteiger partial charge in [0.1, 0.15) is 0 Å². The number of hydrogen-bond acceptors (Lipinski definition) is 3. The molecule has 1 rings (SSSR count). The van der Waals surface area contributed by atoms with Crippen LogP contribution in [0.2, 0.25) is 0 Å². The standard InChI is InChI=1S/C13H22N2O/c1-3-5-6-11(4-2)10-16-13-9-12(14)7-8-15-13/h7-9,11H,3-6,10H2,1-2H3,(H2,14,15). The Morgan fingerprint density at radius 2 is 2.25 bits per heavy atom. The molecule has 3 heteroatoms. The zero-order chi connectivity index (χ0) is 11.8. The summed E-state index contributed by atoms with van der Waals surface area (Å²) in [6.45, 7) is 5.16. The van der Waals surface area contributed by atoms with Crippen molar-refractivity contribution >= 4 is 5.69 Å². The zero-order valence-electron chi connectivity index (χ0n) is 10.3. The molecule has 3 nitrogen and oxygen atoms in total. The molecule has 0 radical (unpaired) electrons.